The van der Waals surface area contributed by atoms with Gasteiger partial charge in [0.1, 0.15) is 0 Å². The Kier molecular flexibility index (Phi) is 3.74. The minimum absolute atomic E-state index is 0.482. The van der Waals surface area contributed by atoms with Crippen LogP contribution in [0, 0.1) is 0 Å². The molecule has 20 heavy (non-hydrogen) atoms. The minimum Gasteiger partial charge on any atom is -0.350 e. The van der Waals surface area contributed by atoms with Crippen LogP contribution in [-0.4, -0.2) is 35.0 Å². The van der Waals surface area contributed by atoms with E-state index in [1.807, 2.05) is 17.9 Å². The summed E-state index contributed by atoms with van der Waals surface area (Å²) in [5, 5.41) is 8.19. The molecule has 0 aliphatic carbocycles. The molecule has 1 aromatic heterocycles. The van der Waals surface area contributed by atoms with Crippen molar-refractivity contribution in [2.45, 2.75) is 25.4 Å². The molecule has 1 saturated heterocycles. The monoisotopic (exact) mass is 270 g/mol. The molecule has 4 nitrogen and oxygen atoms in total. The van der Waals surface area contributed by atoms with E-state index in [-0.39, 0.29) is 0 Å². The fourth-order valence-corrected chi connectivity index (χ4v) is 2.84. The first kappa shape index (κ1) is 13.2. The van der Waals surface area contributed by atoms with Gasteiger partial charge < -0.3 is 10.2 Å². The van der Waals surface area contributed by atoms with E-state index >= 15 is 0 Å². The van der Waals surface area contributed by atoms with Crippen LogP contribution in [0.25, 0.3) is 0 Å². The molecule has 2 aromatic rings. The smallest absolute Gasteiger partial charge is 0.150 e. The van der Waals surface area contributed by atoms with Crippen LogP contribution in [0.15, 0.2) is 42.6 Å². The Morgan fingerprint density at radius 2 is 2.05 bits per heavy atom. The van der Waals surface area contributed by atoms with Gasteiger partial charge in [0, 0.05) is 44.5 Å². The number of anilines is 1. The molecular weight excluding hydrogens is 248 g/mol. The van der Waals surface area contributed by atoms with E-state index < -0.39 is 0 Å². The van der Waals surface area contributed by atoms with Gasteiger partial charge in [-0.2, -0.15) is 5.10 Å². The SMILES string of the molecule is CC1CNC(Cc2ccccc2)CN1c1ccn(C)n1. The first-order valence-electron chi connectivity index (χ1n) is 7.26. The Labute approximate surface area is 120 Å². The van der Waals surface area contributed by atoms with Crippen LogP contribution in [0.1, 0.15) is 12.5 Å². The molecule has 2 heterocycles. The molecule has 2 unspecified atom stereocenters. The lowest BCUT2D eigenvalue weighted by molar-refractivity contribution is 0.400. The van der Waals surface area contributed by atoms with Crippen molar-refractivity contribution < 1.29 is 0 Å². The van der Waals surface area contributed by atoms with Gasteiger partial charge in [-0.25, -0.2) is 0 Å². The molecule has 1 aliphatic heterocycles. The Morgan fingerprint density at radius 1 is 1.25 bits per heavy atom. The molecule has 4 heteroatoms. The summed E-state index contributed by atoms with van der Waals surface area (Å²) in [5.41, 5.74) is 1.39. The summed E-state index contributed by atoms with van der Waals surface area (Å²) in [6, 6.07) is 13.7. The first-order valence-corrected chi connectivity index (χ1v) is 7.26. The number of rotatable bonds is 3. The second kappa shape index (κ2) is 5.67. The summed E-state index contributed by atoms with van der Waals surface area (Å²) in [6.07, 6.45) is 3.08. The maximum atomic E-state index is 4.54. The van der Waals surface area contributed by atoms with Crippen molar-refractivity contribution >= 4 is 5.82 Å². The van der Waals surface area contributed by atoms with Gasteiger partial charge in [-0.15, -0.1) is 0 Å². The fraction of sp³-hybridized carbons (Fsp3) is 0.438. The van der Waals surface area contributed by atoms with Crippen LogP contribution in [0.4, 0.5) is 5.82 Å². The first-order chi connectivity index (χ1) is 9.72. The summed E-state index contributed by atoms with van der Waals surface area (Å²) in [5.74, 6) is 1.08. The molecule has 1 aromatic carbocycles. The van der Waals surface area contributed by atoms with Gasteiger partial charge >= 0.3 is 0 Å². The number of hydrogen-bond acceptors (Lipinski definition) is 3. The molecule has 0 spiro atoms. The summed E-state index contributed by atoms with van der Waals surface area (Å²) < 4.78 is 1.87. The van der Waals surface area contributed by atoms with Crippen molar-refractivity contribution in [1.29, 1.82) is 0 Å². The number of nitrogens with zero attached hydrogens (tertiary/aromatic N) is 3. The van der Waals surface area contributed by atoms with Crippen molar-refractivity contribution in [3.63, 3.8) is 0 Å². The van der Waals surface area contributed by atoms with Crippen LogP contribution in [0.3, 0.4) is 0 Å². The number of hydrogen-bond donors (Lipinski definition) is 1. The topological polar surface area (TPSA) is 33.1 Å². The Bertz CT molecular complexity index is 549. The van der Waals surface area contributed by atoms with E-state index in [0.29, 0.717) is 12.1 Å². The van der Waals surface area contributed by atoms with E-state index in [4.69, 9.17) is 0 Å². The standard InChI is InChI=1S/C16H22N4/c1-13-11-17-15(10-14-6-4-3-5-7-14)12-20(13)16-8-9-19(2)18-16/h3-9,13,15,17H,10-12H2,1-2H3. The maximum absolute atomic E-state index is 4.54. The Balaban J connectivity index is 1.70. The zero-order valence-corrected chi connectivity index (χ0v) is 12.2. The quantitative estimate of drug-likeness (QED) is 0.923. The molecule has 0 amide bonds. The van der Waals surface area contributed by atoms with Crippen molar-refractivity contribution in [2.75, 3.05) is 18.0 Å². The molecule has 3 rings (SSSR count). The van der Waals surface area contributed by atoms with Crippen molar-refractivity contribution in [3.8, 4) is 0 Å². The van der Waals surface area contributed by atoms with Gasteiger partial charge in [-0.05, 0) is 18.9 Å². The average molecular weight is 270 g/mol. The summed E-state index contributed by atoms with van der Waals surface area (Å²) >= 11 is 0. The molecule has 1 fully saturated rings. The van der Waals surface area contributed by atoms with E-state index in [0.717, 1.165) is 25.3 Å². The van der Waals surface area contributed by atoms with Gasteiger partial charge in [-0.1, -0.05) is 30.3 Å². The number of aromatic nitrogens is 2. The molecule has 0 saturated carbocycles. The minimum atomic E-state index is 0.482. The molecular formula is C16H22N4. The van der Waals surface area contributed by atoms with Crippen LogP contribution in [0.2, 0.25) is 0 Å². The lowest BCUT2D eigenvalue weighted by Gasteiger charge is -2.39. The highest BCUT2D eigenvalue weighted by atomic mass is 15.4. The zero-order chi connectivity index (χ0) is 13.9. The van der Waals surface area contributed by atoms with Gasteiger partial charge in [0.15, 0.2) is 5.82 Å². The van der Waals surface area contributed by atoms with Crippen LogP contribution in [0.5, 0.6) is 0 Å². The van der Waals surface area contributed by atoms with E-state index in [9.17, 15) is 0 Å². The highest BCUT2D eigenvalue weighted by molar-refractivity contribution is 5.39. The zero-order valence-electron chi connectivity index (χ0n) is 12.2. The van der Waals surface area contributed by atoms with Crippen LogP contribution in [-0.2, 0) is 13.5 Å². The highest BCUT2D eigenvalue weighted by Gasteiger charge is 2.26. The lowest BCUT2D eigenvalue weighted by Crippen LogP contribution is -2.56. The number of aryl methyl sites for hydroxylation is 1. The highest BCUT2D eigenvalue weighted by Crippen LogP contribution is 2.18. The van der Waals surface area contributed by atoms with Crippen molar-refractivity contribution in [1.82, 2.24) is 15.1 Å². The normalized spacial score (nSPS) is 23.0. The van der Waals surface area contributed by atoms with Crippen molar-refractivity contribution in [3.05, 3.63) is 48.2 Å². The predicted octanol–water partition coefficient (Wildman–Crippen LogP) is 1.83. The summed E-state index contributed by atoms with van der Waals surface area (Å²) in [6.45, 7) is 4.27. The molecule has 1 N–H and O–H groups in total. The largest absolute Gasteiger partial charge is 0.350 e. The summed E-state index contributed by atoms with van der Waals surface area (Å²) in [4.78, 5) is 2.41. The Morgan fingerprint density at radius 3 is 2.75 bits per heavy atom. The van der Waals surface area contributed by atoms with E-state index in [1.54, 1.807) is 0 Å². The third-order valence-corrected chi connectivity index (χ3v) is 3.97. The lowest BCUT2D eigenvalue weighted by atomic mass is 10.0. The molecule has 2 atom stereocenters. The number of benzene rings is 1. The van der Waals surface area contributed by atoms with Crippen LogP contribution >= 0.6 is 0 Å². The van der Waals surface area contributed by atoms with Crippen LogP contribution < -0.4 is 10.2 Å². The summed E-state index contributed by atoms with van der Waals surface area (Å²) in [7, 11) is 1.97. The third kappa shape index (κ3) is 2.85. The molecule has 0 bridgehead atoms. The molecule has 106 valence electrons. The Hall–Kier alpha value is -1.81. The fourth-order valence-electron chi connectivity index (χ4n) is 2.84. The van der Waals surface area contributed by atoms with Gasteiger partial charge in [0.05, 0.1) is 0 Å². The van der Waals surface area contributed by atoms with Gasteiger partial charge in [-0.3, -0.25) is 4.68 Å². The number of nitrogens with one attached hydrogen (secondary N) is 1. The molecule has 0 radical (unpaired) electrons. The maximum Gasteiger partial charge on any atom is 0.150 e. The predicted molar refractivity (Wildman–Crippen MR) is 82.0 cm³/mol. The second-order valence-electron chi connectivity index (χ2n) is 5.64. The van der Waals surface area contributed by atoms with E-state index in [2.05, 4.69) is 58.6 Å². The third-order valence-electron chi connectivity index (χ3n) is 3.97. The molecule has 1 aliphatic rings. The van der Waals surface area contributed by atoms with Crippen molar-refractivity contribution in [2.24, 2.45) is 7.05 Å². The second-order valence-corrected chi connectivity index (χ2v) is 5.64. The van der Waals surface area contributed by atoms with Gasteiger partial charge in [0.25, 0.3) is 0 Å². The van der Waals surface area contributed by atoms with E-state index in [1.165, 1.54) is 5.56 Å². The number of piperazine rings is 1. The average Bonchev–Trinajstić information content (AvgIpc) is 2.89. The van der Waals surface area contributed by atoms with Gasteiger partial charge in [0.2, 0.25) is 0 Å².